The molecule has 100 valence electrons. The molecular formula is C7H6F3N3O5. The van der Waals surface area contributed by atoms with Gasteiger partial charge in [0.15, 0.2) is 0 Å². The zero-order chi connectivity index (χ0) is 13.9. The summed E-state index contributed by atoms with van der Waals surface area (Å²) >= 11 is 0. The van der Waals surface area contributed by atoms with Gasteiger partial charge in [-0.1, -0.05) is 0 Å². The lowest BCUT2D eigenvalue weighted by molar-refractivity contribution is -0.386. The molecule has 11 heteroatoms. The topological polar surface area (TPSA) is 107 Å². The molecule has 0 bridgehead atoms. The summed E-state index contributed by atoms with van der Waals surface area (Å²) in [6.45, 7) is -2.48. The minimum Gasteiger partial charge on any atom is -0.351 e. The van der Waals surface area contributed by atoms with Crippen molar-refractivity contribution >= 4 is 5.69 Å². The van der Waals surface area contributed by atoms with Gasteiger partial charge in [0.2, 0.25) is 0 Å². The molecule has 1 heterocycles. The molecule has 0 unspecified atom stereocenters. The molecule has 0 fully saturated rings. The van der Waals surface area contributed by atoms with Crippen LogP contribution in [-0.4, -0.2) is 27.3 Å². The number of nitrogens with one attached hydrogen (secondary N) is 1. The van der Waals surface area contributed by atoms with Gasteiger partial charge in [-0.15, -0.1) is 0 Å². The SMILES string of the molecule is O=c1[nH]c(=O)n(COCC(F)(F)F)cc1[N+](=O)[O-]. The number of aromatic nitrogens is 2. The Morgan fingerprint density at radius 2 is 2.06 bits per heavy atom. The van der Waals surface area contributed by atoms with E-state index in [4.69, 9.17) is 0 Å². The Bertz CT molecular complexity index is 561. The van der Waals surface area contributed by atoms with Crippen molar-refractivity contribution in [3.63, 3.8) is 0 Å². The van der Waals surface area contributed by atoms with Crippen LogP contribution in [0.25, 0.3) is 0 Å². The van der Waals surface area contributed by atoms with Crippen LogP contribution in [0.2, 0.25) is 0 Å². The highest BCUT2D eigenvalue weighted by atomic mass is 19.4. The molecule has 0 aliphatic rings. The lowest BCUT2D eigenvalue weighted by Gasteiger charge is -2.08. The first-order chi connectivity index (χ1) is 8.20. The second-order valence-corrected chi connectivity index (χ2v) is 3.09. The molecule has 8 nitrogen and oxygen atoms in total. The van der Waals surface area contributed by atoms with E-state index in [9.17, 15) is 32.9 Å². The second kappa shape index (κ2) is 5.00. The Morgan fingerprint density at radius 3 is 2.56 bits per heavy atom. The fourth-order valence-corrected chi connectivity index (χ4v) is 0.983. The number of ether oxygens (including phenoxy) is 1. The van der Waals surface area contributed by atoms with Crippen molar-refractivity contribution in [1.29, 1.82) is 0 Å². The van der Waals surface area contributed by atoms with Crippen molar-refractivity contribution in [2.75, 3.05) is 6.61 Å². The maximum atomic E-state index is 11.8. The van der Waals surface area contributed by atoms with Crippen LogP contribution in [0, 0.1) is 10.1 Å². The van der Waals surface area contributed by atoms with Gasteiger partial charge in [-0.05, 0) is 0 Å². The number of rotatable bonds is 4. The second-order valence-electron chi connectivity index (χ2n) is 3.09. The number of nitrogens with zero attached hydrogens (tertiary/aromatic N) is 2. The fraction of sp³-hybridized carbons (Fsp3) is 0.429. The molecule has 0 aliphatic carbocycles. The Balaban J connectivity index is 2.90. The lowest BCUT2D eigenvalue weighted by atomic mass is 10.5. The van der Waals surface area contributed by atoms with Gasteiger partial charge in [0, 0.05) is 0 Å². The average Bonchev–Trinajstić information content (AvgIpc) is 2.18. The van der Waals surface area contributed by atoms with Gasteiger partial charge in [-0.2, -0.15) is 13.2 Å². The van der Waals surface area contributed by atoms with Crippen LogP contribution in [-0.2, 0) is 11.5 Å². The van der Waals surface area contributed by atoms with E-state index in [0.717, 1.165) is 0 Å². The van der Waals surface area contributed by atoms with Crippen molar-refractivity contribution in [1.82, 2.24) is 9.55 Å². The summed E-state index contributed by atoms with van der Waals surface area (Å²) in [7, 11) is 0. The number of hydrogen-bond donors (Lipinski definition) is 1. The van der Waals surface area contributed by atoms with Gasteiger partial charge in [0.1, 0.15) is 13.3 Å². The molecule has 18 heavy (non-hydrogen) atoms. The van der Waals surface area contributed by atoms with Gasteiger partial charge >= 0.3 is 23.1 Å². The van der Waals surface area contributed by atoms with Crippen molar-refractivity contribution in [3.8, 4) is 0 Å². The lowest BCUT2D eigenvalue weighted by Crippen LogP contribution is -2.32. The number of aromatic amines is 1. The van der Waals surface area contributed by atoms with Crippen molar-refractivity contribution in [3.05, 3.63) is 37.1 Å². The van der Waals surface area contributed by atoms with Crippen LogP contribution < -0.4 is 11.2 Å². The largest absolute Gasteiger partial charge is 0.411 e. The first kappa shape index (κ1) is 13.9. The van der Waals surface area contributed by atoms with E-state index in [-0.39, 0.29) is 0 Å². The molecule has 1 rings (SSSR count). The molecule has 0 spiro atoms. The molecule has 0 saturated heterocycles. The van der Waals surface area contributed by atoms with E-state index < -0.39 is 41.4 Å². The summed E-state index contributed by atoms with van der Waals surface area (Å²) in [6, 6.07) is 0. The van der Waals surface area contributed by atoms with E-state index in [0.29, 0.717) is 10.8 Å². The van der Waals surface area contributed by atoms with Crippen molar-refractivity contribution in [2.45, 2.75) is 12.9 Å². The van der Waals surface area contributed by atoms with E-state index in [2.05, 4.69) is 4.74 Å². The number of nitro groups is 1. The zero-order valence-electron chi connectivity index (χ0n) is 8.56. The van der Waals surface area contributed by atoms with Crippen LogP contribution in [0.15, 0.2) is 15.8 Å². The third kappa shape index (κ3) is 3.69. The molecule has 0 aliphatic heterocycles. The quantitative estimate of drug-likeness (QED) is 0.610. The fourth-order valence-electron chi connectivity index (χ4n) is 0.983. The minimum absolute atomic E-state index is 0.450. The predicted octanol–water partition coefficient (Wildman–Crippen LogP) is -0.0188. The molecule has 1 N–H and O–H groups in total. The molecule has 0 saturated carbocycles. The highest BCUT2D eigenvalue weighted by molar-refractivity contribution is 5.20. The molecule has 0 aromatic carbocycles. The van der Waals surface area contributed by atoms with Crippen LogP contribution in [0.1, 0.15) is 0 Å². The molecule has 0 atom stereocenters. The summed E-state index contributed by atoms with van der Waals surface area (Å²) < 4.78 is 39.8. The van der Waals surface area contributed by atoms with Crippen LogP contribution in [0.3, 0.4) is 0 Å². The summed E-state index contributed by atoms with van der Waals surface area (Å²) in [5.41, 5.74) is -3.31. The monoisotopic (exact) mass is 269 g/mol. The Morgan fingerprint density at radius 1 is 1.44 bits per heavy atom. The highest BCUT2D eigenvalue weighted by Gasteiger charge is 2.27. The minimum atomic E-state index is -4.59. The Kier molecular flexibility index (Phi) is 3.86. The van der Waals surface area contributed by atoms with Gasteiger partial charge in [0.05, 0.1) is 11.1 Å². The van der Waals surface area contributed by atoms with E-state index >= 15 is 0 Å². The highest BCUT2D eigenvalue weighted by Crippen LogP contribution is 2.14. The summed E-state index contributed by atoms with van der Waals surface area (Å²) in [4.78, 5) is 32.9. The number of H-pyrrole nitrogens is 1. The standard InChI is InChI=1S/C7H6F3N3O5/c8-7(9,10)2-18-3-12-1-4(13(16)17)5(14)11-6(12)15/h1H,2-3H2,(H,11,14,15). The molecule has 1 aromatic rings. The van der Waals surface area contributed by atoms with Crippen molar-refractivity contribution in [2.24, 2.45) is 0 Å². The summed E-state index contributed by atoms with van der Waals surface area (Å²) in [6.07, 6.45) is -4.07. The predicted molar refractivity (Wildman–Crippen MR) is 50.0 cm³/mol. The Labute approximate surface area is 95.8 Å². The summed E-state index contributed by atoms with van der Waals surface area (Å²) in [5, 5.41) is 10.4. The average molecular weight is 269 g/mol. The number of alkyl halides is 3. The van der Waals surface area contributed by atoms with E-state index in [1.54, 1.807) is 4.98 Å². The third-order valence-corrected chi connectivity index (χ3v) is 1.68. The third-order valence-electron chi connectivity index (χ3n) is 1.68. The van der Waals surface area contributed by atoms with Crippen LogP contribution in [0.5, 0.6) is 0 Å². The Hall–Kier alpha value is -2.17. The molecule has 0 radical (unpaired) electrons. The van der Waals surface area contributed by atoms with Gasteiger partial charge < -0.3 is 4.74 Å². The van der Waals surface area contributed by atoms with Gasteiger partial charge in [0.25, 0.3) is 0 Å². The van der Waals surface area contributed by atoms with Crippen molar-refractivity contribution < 1.29 is 22.8 Å². The summed E-state index contributed by atoms with van der Waals surface area (Å²) in [5.74, 6) is 0. The maximum Gasteiger partial charge on any atom is 0.411 e. The first-order valence-electron chi connectivity index (χ1n) is 4.33. The smallest absolute Gasteiger partial charge is 0.351 e. The first-order valence-corrected chi connectivity index (χ1v) is 4.33. The number of hydrogen-bond acceptors (Lipinski definition) is 5. The van der Waals surface area contributed by atoms with Gasteiger partial charge in [-0.25, -0.2) is 4.79 Å². The van der Waals surface area contributed by atoms with E-state index in [1.807, 2.05) is 0 Å². The van der Waals surface area contributed by atoms with Crippen LogP contribution in [0.4, 0.5) is 18.9 Å². The maximum absolute atomic E-state index is 11.8. The molecular weight excluding hydrogens is 263 g/mol. The van der Waals surface area contributed by atoms with E-state index in [1.165, 1.54) is 0 Å². The van der Waals surface area contributed by atoms with Crippen LogP contribution >= 0.6 is 0 Å². The normalized spacial score (nSPS) is 11.5. The molecule has 1 aromatic heterocycles. The molecule has 0 amide bonds. The number of halogens is 3. The van der Waals surface area contributed by atoms with Gasteiger partial charge in [-0.3, -0.25) is 24.5 Å². The zero-order valence-corrected chi connectivity index (χ0v) is 8.56.